The van der Waals surface area contributed by atoms with E-state index in [1.165, 1.54) is 0 Å². The van der Waals surface area contributed by atoms with Crippen molar-refractivity contribution in [2.45, 2.75) is 26.8 Å². The standard InChI is InChI=1S/C13H20N2O2/c1-8-4-5-12(11(6-8)10(3)14)17-7-9(2)13(15)16/h4-6,9-10H,7,14H2,1-3H3,(H2,15,16)/t9?,10-/m1/s1. The normalized spacial score (nSPS) is 14.1. The predicted molar refractivity (Wildman–Crippen MR) is 67.6 cm³/mol. The van der Waals surface area contributed by atoms with E-state index in [1.54, 1.807) is 6.92 Å². The van der Waals surface area contributed by atoms with Crippen molar-refractivity contribution in [1.82, 2.24) is 0 Å². The number of aryl methyl sites for hydroxylation is 1. The topological polar surface area (TPSA) is 78.3 Å². The third-order valence-electron chi connectivity index (χ3n) is 2.63. The van der Waals surface area contributed by atoms with E-state index in [-0.39, 0.29) is 24.5 Å². The summed E-state index contributed by atoms with van der Waals surface area (Å²) >= 11 is 0. The molecule has 0 spiro atoms. The lowest BCUT2D eigenvalue weighted by atomic mass is 10.1. The number of ether oxygens (including phenoxy) is 1. The lowest BCUT2D eigenvalue weighted by Crippen LogP contribution is -2.26. The summed E-state index contributed by atoms with van der Waals surface area (Å²) in [7, 11) is 0. The number of carbonyl (C=O) groups is 1. The Balaban J connectivity index is 2.80. The Morgan fingerprint density at radius 1 is 1.41 bits per heavy atom. The van der Waals surface area contributed by atoms with Gasteiger partial charge < -0.3 is 16.2 Å². The molecule has 1 aromatic carbocycles. The molecule has 0 aromatic heterocycles. The van der Waals surface area contributed by atoms with E-state index in [9.17, 15) is 4.79 Å². The Bertz CT molecular complexity index is 402. The highest BCUT2D eigenvalue weighted by atomic mass is 16.5. The molecule has 0 saturated heterocycles. The SMILES string of the molecule is Cc1ccc(OCC(C)C(N)=O)c([C@@H](C)N)c1. The van der Waals surface area contributed by atoms with Crippen LogP contribution >= 0.6 is 0 Å². The van der Waals surface area contributed by atoms with Crippen molar-refractivity contribution in [3.05, 3.63) is 29.3 Å². The largest absolute Gasteiger partial charge is 0.492 e. The summed E-state index contributed by atoms with van der Waals surface area (Å²) in [6.45, 7) is 5.92. The van der Waals surface area contributed by atoms with Gasteiger partial charge in [0.1, 0.15) is 5.75 Å². The second-order valence-corrected chi connectivity index (χ2v) is 4.44. The van der Waals surface area contributed by atoms with Crippen LogP contribution in [-0.2, 0) is 4.79 Å². The Morgan fingerprint density at radius 2 is 2.06 bits per heavy atom. The lowest BCUT2D eigenvalue weighted by Gasteiger charge is -2.16. The summed E-state index contributed by atoms with van der Waals surface area (Å²) in [5.74, 6) is 0.0513. The second-order valence-electron chi connectivity index (χ2n) is 4.44. The molecule has 4 heteroatoms. The molecule has 0 heterocycles. The minimum Gasteiger partial charge on any atom is -0.492 e. The fourth-order valence-electron chi connectivity index (χ4n) is 1.45. The van der Waals surface area contributed by atoms with Crippen molar-refractivity contribution in [2.24, 2.45) is 17.4 Å². The van der Waals surface area contributed by atoms with Crippen LogP contribution < -0.4 is 16.2 Å². The molecular formula is C13H20N2O2. The molecule has 0 bridgehead atoms. The van der Waals surface area contributed by atoms with Crippen LogP contribution in [-0.4, -0.2) is 12.5 Å². The number of hydrogen-bond acceptors (Lipinski definition) is 3. The smallest absolute Gasteiger partial charge is 0.223 e. The van der Waals surface area contributed by atoms with E-state index >= 15 is 0 Å². The Morgan fingerprint density at radius 3 is 2.59 bits per heavy atom. The van der Waals surface area contributed by atoms with Crippen LogP contribution in [0.2, 0.25) is 0 Å². The van der Waals surface area contributed by atoms with Crippen LogP contribution in [0.25, 0.3) is 0 Å². The molecule has 2 atom stereocenters. The number of benzene rings is 1. The van der Waals surface area contributed by atoms with Gasteiger partial charge in [0.25, 0.3) is 0 Å². The maximum atomic E-state index is 10.9. The average molecular weight is 236 g/mol. The zero-order chi connectivity index (χ0) is 13.0. The van der Waals surface area contributed by atoms with Gasteiger partial charge in [-0.05, 0) is 19.9 Å². The number of primary amides is 1. The minimum absolute atomic E-state index is 0.103. The van der Waals surface area contributed by atoms with Gasteiger partial charge in [0.15, 0.2) is 0 Å². The molecular weight excluding hydrogens is 216 g/mol. The molecule has 0 radical (unpaired) electrons. The van der Waals surface area contributed by atoms with Crippen LogP contribution in [0.3, 0.4) is 0 Å². The van der Waals surface area contributed by atoms with Crippen LogP contribution in [0, 0.1) is 12.8 Å². The summed E-state index contributed by atoms with van der Waals surface area (Å²) in [6.07, 6.45) is 0. The summed E-state index contributed by atoms with van der Waals surface area (Å²) in [4.78, 5) is 10.9. The Kier molecular flexibility index (Phi) is 4.52. The Hall–Kier alpha value is -1.55. The highest BCUT2D eigenvalue weighted by Gasteiger charge is 2.12. The zero-order valence-corrected chi connectivity index (χ0v) is 10.6. The van der Waals surface area contributed by atoms with Crippen molar-refractivity contribution in [3.63, 3.8) is 0 Å². The van der Waals surface area contributed by atoms with Gasteiger partial charge in [0.05, 0.1) is 12.5 Å². The maximum absolute atomic E-state index is 10.9. The molecule has 0 aliphatic carbocycles. The molecule has 4 N–H and O–H groups in total. The third kappa shape index (κ3) is 3.75. The molecule has 0 saturated carbocycles. The average Bonchev–Trinajstić information content (AvgIpc) is 2.26. The highest BCUT2D eigenvalue weighted by molar-refractivity contribution is 5.76. The molecule has 1 rings (SSSR count). The molecule has 94 valence electrons. The molecule has 17 heavy (non-hydrogen) atoms. The van der Waals surface area contributed by atoms with Gasteiger partial charge in [-0.25, -0.2) is 0 Å². The summed E-state index contributed by atoms with van der Waals surface area (Å²) in [5, 5.41) is 0. The first-order chi connectivity index (χ1) is 7.91. The molecule has 0 aliphatic rings. The van der Waals surface area contributed by atoms with E-state index in [2.05, 4.69) is 0 Å². The fourth-order valence-corrected chi connectivity index (χ4v) is 1.45. The van der Waals surface area contributed by atoms with Crippen molar-refractivity contribution < 1.29 is 9.53 Å². The lowest BCUT2D eigenvalue weighted by molar-refractivity contribution is -0.122. The Labute approximate surface area is 102 Å². The van der Waals surface area contributed by atoms with Gasteiger partial charge in [0.2, 0.25) is 5.91 Å². The van der Waals surface area contributed by atoms with Gasteiger partial charge in [-0.2, -0.15) is 0 Å². The van der Waals surface area contributed by atoms with Gasteiger partial charge in [0, 0.05) is 11.6 Å². The van der Waals surface area contributed by atoms with Crippen molar-refractivity contribution >= 4 is 5.91 Å². The first-order valence-electron chi connectivity index (χ1n) is 5.70. The second kappa shape index (κ2) is 5.68. The molecule has 1 amide bonds. The van der Waals surface area contributed by atoms with Gasteiger partial charge in [-0.15, -0.1) is 0 Å². The van der Waals surface area contributed by atoms with E-state index in [1.807, 2.05) is 32.0 Å². The van der Waals surface area contributed by atoms with Crippen molar-refractivity contribution in [1.29, 1.82) is 0 Å². The molecule has 4 nitrogen and oxygen atoms in total. The zero-order valence-electron chi connectivity index (χ0n) is 10.6. The number of nitrogens with two attached hydrogens (primary N) is 2. The first-order valence-corrected chi connectivity index (χ1v) is 5.70. The molecule has 1 unspecified atom stereocenters. The fraction of sp³-hybridized carbons (Fsp3) is 0.462. The van der Waals surface area contributed by atoms with Crippen LogP contribution in [0.5, 0.6) is 5.75 Å². The molecule has 1 aromatic rings. The van der Waals surface area contributed by atoms with Crippen LogP contribution in [0.1, 0.15) is 31.0 Å². The van der Waals surface area contributed by atoms with Gasteiger partial charge >= 0.3 is 0 Å². The van der Waals surface area contributed by atoms with E-state index in [4.69, 9.17) is 16.2 Å². The quantitative estimate of drug-likeness (QED) is 0.813. The molecule has 0 fully saturated rings. The number of hydrogen-bond donors (Lipinski definition) is 2. The van der Waals surface area contributed by atoms with E-state index < -0.39 is 0 Å². The first kappa shape index (κ1) is 13.5. The van der Waals surface area contributed by atoms with Crippen LogP contribution in [0.4, 0.5) is 0 Å². The van der Waals surface area contributed by atoms with Gasteiger partial charge in [-0.3, -0.25) is 4.79 Å². The van der Waals surface area contributed by atoms with E-state index in [0.717, 1.165) is 16.9 Å². The van der Waals surface area contributed by atoms with Crippen molar-refractivity contribution in [3.8, 4) is 5.75 Å². The number of carbonyl (C=O) groups excluding carboxylic acids is 1. The minimum atomic E-state index is -0.362. The summed E-state index contributed by atoms with van der Waals surface area (Å²) in [6, 6.07) is 5.72. The third-order valence-corrected chi connectivity index (χ3v) is 2.63. The monoisotopic (exact) mass is 236 g/mol. The summed E-state index contributed by atoms with van der Waals surface area (Å²) < 4.78 is 5.60. The van der Waals surface area contributed by atoms with E-state index in [0.29, 0.717) is 0 Å². The number of amides is 1. The van der Waals surface area contributed by atoms with Crippen molar-refractivity contribution in [2.75, 3.05) is 6.61 Å². The summed E-state index contributed by atoms with van der Waals surface area (Å²) in [5.41, 5.74) is 13.1. The maximum Gasteiger partial charge on any atom is 0.223 e. The highest BCUT2D eigenvalue weighted by Crippen LogP contribution is 2.25. The number of rotatable bonds is 5. The van der Waals surface area contributed by atoms with Gasteiger partial charge in [-0.1, -0.05) is 24.6 Å². The molecule has 0 aliphatic heterocycles. The predicted octanol–water partition coefficient (Wildman–Crippen LogP) is 1.51. The van der Waals surface area contributed by atoms with Crippen LogP contribution in [0.15, 0.2) is 18.2 Å².